The highest BCUT2D eigenvalue weighted by Crippen LogP contribution is 2.42. The number of methoxy groups -OCH3 is 2. The molecule has 4 aromatic rings. The number of nitrogens with two attached hydrogens (primary N) is 1. The van der Waals surface area contributed by atoms with Crippen molar-refractivity contribution >= 4 is 45.4 Å². The number of likely N-dealkylation sites (N-methyl/N-ethyl adjacent to an activating group) is 1. The van der Waals surface area contributed by atoms with Crippen molar-refractivity contribution in [1.29, 1.82) is 0 Å². The Morgan fingerprint density at radius 1 is 1.14 bits per heavy atom. The van der Waals surface area contributed by atoms with Crippen molar-refractivity contribution in [3.63, 3.8) is 0 Å². The number of pyridine rings is 1. The number of hydrogen-bond donors (Lipinski definition) is 4. The molecule has 1 atom stereocenters. The van der Waals surface area contributed by atoms with Gasteiger partial charge in [-0.1, -0.05) is 13.5 Å². The highest BCUT2D eigenvalue weighted by Gasteiger charge is 2.31. The second-order valence-corrected chi connectivity index (χ2v) is 10.1. The van der Waals surface area contributed by atoms with Gasteiger partial charge in [-0.25, -0.2) is 13.8 Å². The first kappa shape index (κ1) is 30.6. The number of rotatable bonds is 10. The van der Waals surface area contributed by atoms with Crippen LogP contribution in [0, 0.1) is 11.6 Å². The number of ether oxygens (including phenoxy) is 2. The zero-order chi connectivity index (χ0) is 31.5. The largest absolute Gasteiger partial charge is 0.494 e. The summed E-state index contributed by atoms with van der Waals surface area (Å²) >= 11 is 0. The van der Waals surface area contributed by atoms with E-state index in [1.807, 2.05) is 18.2 Å². The first-order chi connectivity index (χ1) is 21.2. The Morgan fingerprint density at radius 2 is 1.82 bits per heavy atom. The van der Waals surface area contributed by atoms with E-state index in [4.69, 9.17) is 19.6 Å². The Labute approximate surface area is 252 Å². The highest BCUT2D eigenvalue weighted by atomic mass is 19.1. The van der Waals surface area contributed by atoms with E-state index >= 15 is 8.78 Å². The maximum absolute atomic E-state index is 15.1. The van der Waals surface area contributed by atoms with Crippen molar-refractivity contribution in [2.75, 3.05) is 68.2 Å². The van der Waals surface area contributed by atoms with Gasteiger partial charge >= 0.3 is 0 Å². The molecule has 0 radical (unpaired) electrons. The Balaban J connectivity index is 1.46. The highest BCUT2D eigenvalue weighted by molar-refractivity contribution is 6.02. The number of benzene rings is 2. The van der Waals surface area contributed by atoms with E-state index < -0.39 is 23.3 Å². The summed E-state index contributed by atoms with van der Waals surface area (Å²) in [4.78, 5) is 21.3. The summed E-state index contributed by atoms with van der Waals surface area (Å²) in [5, 5.41) is 17.4. The van der Waals surface area contributed by atoms with Crippen LogP contribution in [-0.4, -0.2) is 67.8 Å². The number of hydrogen-bond acceptors (Lipinski definition) is 10. The Kier molecular flexibility index (Phi) is 8.88. The standard InChI is InChI=1S/C31H34F2N6O5/c1-5-25(40)37-20-13-17(39-11-9-38(6-2)10-12-39)7-8-19(20)36-24-14-18-23(16-35-24)44-31(29(18)34)30(41)26-27(32)21(42-3)15-22(43-4)28(26)33/h5,7-8,13-16,30,41H,1,6,9-12,34H2,2-4H3,(H,35,36)(H,37,40). The zero-order valence-electron chi connectivity index (χ0n) is 24.6. The van der Waals surface area contributed by atoms with Crippen LogP contribution in [-0.2, 0) is 4.79 Å². The third kappa shape index (κ3) is 5.83. The van der Waals surface area contributed by atoms with Crippen molar-refractivity contribution in [2.24, 2.45) is 0 Å². The monoisotopic (exact) mass is 608 g/mol. The molecule has 44 heavy (non-hydrogen) atoms. The third-order valence-electron chi connectivity index (χ3n) is 7.67. The van der Waals surface area contributed by atoms with Crippen LogP contribution >= 0.6 is 0 Å². The second kappa shape index (κ2) is 12.8. The number of nitrogen functional groups attached to an aromatic ring is 1. The SMILES string of the molecule is C=CC(=O)Nc1cc(N2CCN(CC)CC2)ccc1Nc1cc2c(N)c(C(O)c3c(F)c(OC)cc(OC)c3F)oc2cn1. The van der Waals surface area contributed by atoms with Crippen LogP contribution in [0.25, 0.3) is 11.0 Å². The van der Waals surface area contributed by atoms with E-state index in [9.17, 15) is 9.90 Å². The minimum atomic E-state index is -1.92. The maximum atomic E-state index is 15.1. The number of aromatic nitrogens is 1. The average molecular weight is 609 g/mol. The van der Waals surface area contributed by atoms with Gasteiger partial charge in [-0.05, 0) is 36.9 Å². The van der Waals surface area contributed by atoms with Gasteiger partial charge in [-0.2, -0.15) is 0 Å². The lowest BCUT2D eigenvalue weighted by Gasteiger charge is -2.35. The second-order valence-electron chi connectivity index (χ2n) is 10.1. The summed E-state index contributed by atoms with van der Waals surface area (Å²) < 4.78 is 45.8. The Bertz CT molecular complexity index is 1670. The molecule has 0 aliphatic carbocycles. The Morgan fingerprint density at radius 3 is 2.43 bits per heavy atom. The van der Waals surface area contributed by atoms with Crippen LogP contribution in [0.2, 0.25) is 0 Å². The summed E-state index contributed by atoms with van der Waals surface area (Å²) in [5.74, 6) is -3.21. The minimum absolute atomic E-state index is 0.0414. The summed E-state index contributed by atoms with van der Waals surface area (Å²) in [6.07, 6.45) is 0.631. The van der Waals surface area contributed by atoms with Gasteiger partial charge in [0.05, 0.1) is 43.0 Å². The van der Waals surface area contributed by atoms with Gasteiger partial charge in [0.2, 0.25) is 5.91 Å². The van der Waals surface area contributed by atoms with Gasteiger partial charge in [-0.15, -0.1) is 0 Å². The van der Waals surface area contributed by atoms with Crippen molar-refractivity contribution in [2.45, 2.75) is 13.0 Å². The molecule has 232 valence electrons. The number of fused-ring (bicyclic) bond motifs is 1. The number of piperazine rings is 1. The molecular weight excluding hydrogens is 574 g/mol. The molecule has 1 fully saturated rings. The van der Waals surface area contributed by atoms with Crippen molar-refractivity contribution in [1.82, 2.24) is 9.88 Å². The molecule has 13 heteroatoms. The minimum Gasteiger partial charge on any atom is -0.494 e. The van der Waals surface area contributed by atoms with Gasteiger partial charge in [0, 0.05) is 43.3 Å². The number of aliphatic hydroxyl groups excluding tert-OH is 1. The first-order valence-corrected chi connectivity index (χ1v) is 14.0. The Hall–Kier alpha value is -4.88. The van der Waals surface area contributed by atoms with Gasteiger partial charge in [0.1, 0.15) is 11.9 Å². The van der Waals surface area contributed by atoms with E-state index in [1.165, 1.54) is 26.5 Å². The molecule has 1 unspecified atom stereocenters. The van der Waals surface area contributed by atoms with E-state index in [1.54, 1.807) is 6.07 Å². The molecule has 5 rings (SSSR count). The lowest BCUT2D eigenvalue weighted by atomic mass is 10.0. The molecule has 0 spiro atoms. The van der Waals surface area contributed by atoms with Gasteiger partial charge in [0.25, 0.3) is 0 Å². The van der Waals surface area contributed by atoms with Crippen LogP contribution < -0.4 is 30.7 Å². The average Bonchev–Trinajstić information content (AvgIpc) is 3.37. The lowest BCUT2D eigenvalue weighted by Crippen LogP contribution is -2.46. The van der Waals surface area contributed by atoms with Crippen molar-refractivity contribution in [3.8, 4) is 11.5 Å². The topological polar surface area (TPSA) is 138 Å². The quantitative estimate of drug-likeness (QED) is 0.186. The molecular formula is C31H34F2N6O5. The number of nitrogens with zero attached hydrogens (tertiary/aromatic N) is 3. The number of anilines is 5. The lowest BCUT2D eigenvalue weighted by molar-refractivity contribution is -0.111. The number of halogens is 2. The predicted octanol–water partition coefficient (Wildman–Crippen LogP) is 4.80. The van der Waals surface area contributed by atoms with E-state index in [2.05, 4.69) is 38.9 Å². The zero-order valence-corrected chi connectivity index (χ0v) is 24.6. The predicted molar refractivity (Wildman–Crippen MR) is 165 cm³/mol. The van der Waals surface area contributed by atoms with Crippen molar-refractivity contribution < 1.29 is 32.6 Å². The summed E-state index contributed by atoms with van der Waals surface area (Å²) in [6, 6.07) is 8.28. The molecule has 3 heterocycles. The van der Waals surface area contributed by atoms with Crippen molar-refractivity contribution in [3.05, 3.63) is 72.1 Å². The van der Waals surface area contributed by atoms with Gasteiger partial charge < -0.3 is 45.2 Å². The number of carbonyl (C=O) groups excluding carboxylic acids is 1. The molecule has 5 N–H and O–H groups in total. The van der Waals surface area contributed by atoms with E-state index in [-0.39, 0.29) is 34.4 Å². The molecule has 11 nitrogen and oxygen atoms in total. The number of carbonyl (C=O) groups is 1. The fourth-order valence-corrected chi connectivity index (χ4v) is 5.17. The van der Waals surface area contributed by atoms with Gasteiger partial charge in [0.15, 0.2) is 34.5 Å². The summed E-state index contributed by atoms with van der Waals surface area (Å²) in [6.45, 7) is 10.3. The molecule has 2 aromatic carbocycles. The molecule has 0 saturated carbocycles. The van der Waals surface area contributed by atoms with Crippen LogP contribution in [0.3, 0.4) is 0 Å². The van der Waals surface area contributed by atoms with Crippen LogP contribution in [0.4, 0.5) is 37.3 Å². The van der Waals surface area contributed by atoms with E-state index in [0.717, 1.165) is 44.5 Å². The van der Waals surface area contributed by atoms with Crippen LogP contribution in [0.1, 0.15) is 24.4 Å². The fraction of sp³-hybridized carbons (Fsp3) is 0.290. The maximum Gasteiger partial charge on any atom is 0.247 e. The summed E-state index contributed by atoms with van der Waals surface area (Å²) in [5.41, 5.74) is 7.75. The molecule has 1 aliphatic rings. The molecule has 2 aromatic heterocycles. The smallest absolute Gasteiger partial charge is 0.247 e. The number of amides is 1. The number of aliphatic hydroxyl groups is 1. The molecule has 1 amide bonds. The summed E-state index contributed by atoms with van der Waals surface area (Å²) in [7, 11) is 2.41. The van der Waals surface area contributed by atoms with E-state index in [0.29, 0.717) is 22.6 Å². The van der Waals surface area contributed by atoms with Crippen LogP contribution in [0.5, 0.6) is 11.5 Å². The number of furan rings is 1. The molecule has 1 saturated heterocycles. The van der Waals surface area contributed by atoms with Crippen LogP contribution in [0.15, 0.2) is 53.6 Å². The molecule has 0 bridgehead atoms. The normalized spacial score (nSPS) is 14.4. The number of nitrogens with one attached hydrogen (secondary N) is 2. The molecule has 1 aliphatic heterocycles. The third-order valence-corrected chi connectivity index (χ3v) is 7.67. The van der Waals surface area contributed by atoms with Gasteiger partial charge in [-0.3, -0.25) is 4.79 Å². The first-order valence-electron chi connectivity index (χ1n) is 14.0. The fourth-order valence-electron chi connectivity index (χ4n) is 5.17.